The van der Waals surface area contributed by atoms with Gasteiger partial charge in [0.05, 0.1) is 11.4 Å². The van der Waals surface area contributed by atoms with Crippen LogP contribution in [0, 0.1) is 0 Å². The summed E-state index contributed by atoms with van der Waals surface area (Å²) in [5.41, 5.74) is 8.11. The van der Waals surface area contributed by atoms with Crippen molar-refractivity contribution in [3.05, 3.63) is 23.8 Å². The number of rotatable bonds is 6. The Morgan fingerprint density at radius 1 is 1.35 bits per heavy atom. The predicted octanol–water partition coefficient (Wildman–Crippen LogP) is 1.53. The first-order chi connectivity index (χ1) is 9.70. The van der Waals surface area contributed by atoms with Crippen molar-refractivity contribution in [2.45, 2.75) is 19.8 Å². The molecule has 0 aromatic heterocycles. The number of carbonyl (C=O) groups excluding carboxylic acids is 1. The Labute approximate surface area is 120 Å². The average molecular weight is 276 g/mol. The van der Waals surface area contributed by atoms with Crippen molar-refractivity contribution in [2.24, 2.45) is 0 Å². The molecule has 0 unspecified atom stereocenters. The lowest BCUT2D eigenvalue weighted by Gasteiger charge is -2.16. The van der Waals surface area contributed by atoms with E-state index in [1.807, 2.05) is 13.0 Å². The van der Waals surface area contributed by atoms with E-state index in [-0.39, 0.29) is 5.91 Å². The summed E-state index contributed by atoms with van der Waals surface area (Å²) >= 11 is 0. The van der Waals surface area contributed by atoms with Crippen molar-refractivity contribution in [3.63, 3.8) is 0 Å². The van der Waals surface area contributed by atoms with Crippen LogP contribution in [0.25, 0.3) is 0 Å². The monoisotopic (exact) mass is 276 g/mol. The summed E-state index contributed by atoms with van der Waals surface area (Å²) in [5.74, 6) is -0.0601. The molecule has 20 heavy (non-hydrogen) atoms. The molecule has 1 aromatic rings. The van der Waals surface area contributed by atoms with E-state index in [1.54, 1.807) is 12.1 Å². The second kappa shape index (κ2) is 7.14. The van der Waals surface area contributed by atoms with Crippen molar-refractivity contribution in [2.75, 3.05) is 43.8 Å². The van der Waals surface area contributed by atoms with Crippen molar-refractivity contribution >= 4 is 17.3 Å². The number of amides is 1. The second-order valence-electron chi connectivity index (χ2n) is 5.14. The maximum absolute atomic E-state index is 11.8. The van der Waals surface area contributed by atoms with Gasteiger partial charge >= 0.3 is 0 Å². The number of anilines is 2. The summed E-state index contributed by atoms with van der Waals surface area (Å²) in [4.78, 5) is 14.2. The topological polar surface area (TPSA) is 70.4 Å². The molecule has 5 heteroatoms. The Kier molecular flexibility index (Phi) is 5.24. The van der Waals surface area contributed by atoms with Gasteiger partial charge in [0.25, 0.3) is 5.91 Å². The van der Waals surface area contributed by atoms with Crippen LogP contribution in [0.4, 0.5) is 11.4 Å². The highest BCUT2D eigenvalue weighted by Crippen LogP contribution is 2.20. The molecule has 0 spiro atoms. The maximum atomic E-state index is 11.8. The van der Waals surface area contributed by atoms with Crippen molar-refractivity contribution in [3.8, 4) is 0 Å². The molecule has 0 aliphatic carbocycles. The highest BCUT2D eigenvalue weighted by molar-refractivity contribution is 5.96. The lowest BCUT2D eigenvalue weighted by Crippen LogP contribution is -2.26. The number of hydrogen-bond acceptors (Lipinski definition) is 4. The van der Waals surface area contributed by atoms with E-state index < -0.39 is 0 Å². The minimum Gasteiger partial charge on any atom is -0.397 e. The van der Waals surface area contributed by atoms with E-state index in [0.717, 1.165) is 18.8 Å². The van der Waals surface area contributed by atoms with Gasteiger partial charge in [-0.1, -0.05) is 0 Å². The molecule has 1 aliphatic heterocycles. The van der Waals surface area contributed by atoms with Gasteiger partial charge in [0.2, 0.25) is 0 Å². The fourth-order valence-electron chi connectivity index (χ4n) is 2.47. The van der Waals surface area contributed by atoms with Gasteiger partial charge in [0, 0.05) is 25.2 Å². The van der Waals surface area contributed by atoms with Gasteiger partial charge in [-0.2, -0.15) is 0 Å². The summed E-state index contributed by atoms with van der Waals surface area (Å²) < 4.78 is 0. The van der Waals surface area contributed by atoms with Crippen LogP contribution in [0.5, 0.6) is 0 Å². The van der Waals surface area contributed by atoms with Gasteiger partial charge in [-0.25, -0.2) is 0 Å². The van der Waals surface area contributed by atoms with Crippen LogP contribution in [0.15, 0.2) is 18.2 Å². The zero-order valence-corrected chi connectivity index (χ0v) is 12.1. The molecule has 2 rings (SSSR count). The Morgan fingerprint density at radius 2 is 2.10 bits per heavy atom. The summed E-state index contributed by atoms with van der Waals surface area (Å²) in [6.45, 7) is 6.78. The van der Waals surface area contributed by atoms with Crippen LogP contribution in [0.2, 0.25) is 0 Å². The molecule has 0 atom stereocenters. The van der Waals surface area contributed by atoms with Crippen LogP contribution in [0.3, 0.4) is 0 Å². The maximum Gasteiger partial charge on any atom is 0.251 e. The first kappa shape index (κ1) is 14.7. The summed E-state index contributed by atoms with van der Waals surface area (Å²) in [6.07, 6.45) is 2.60. The van der Waals surface area contributed by atoms with Gasteiger partial charge in [-0.3, -0.25) is 4.79 Å². The molecule has 0 bridgehead atoms. The molecular formula is C15H24N4O. The third-order valence-electron chi connectivity index (χ3n) is 3.59. The van der Waals surface area contributed by atoms with Gasteiger partial charge in [0.1, 0.15) is 0 Å². The lowest BCUT2D eigenvalue weighted by atomic mass is 10.1. The largest absolute Gasteiger partial charge is 0.397 e. The van der Waals surface area contributed by atoms with Gasteiger partial charge in [-0.05, 0) is 51.1 Å². The van der Waals surface area contributed by atoms with Crippen LogP contribution >= 0.6 is 0 Å². The van der Waals surface area contributed by atoms with Gasteiger partial charge in [0.15, 0.2) is 0 Å². The number of nitrogens with zero attached hydrogens (tertiary/aromatic N) is 1. The number of nitrogens with one attached hydrogen (secondary N) is 2. The zero-order chi connectivity index (χ0) is 14.4. The Morgan fingerprint density at radius 3 is 2.80 bits per heavy atom. The highest BCUT2D eigenvalue weighted by Gasteiger charge is 2.11. The van der Waals surface area contributed by atoms with Crippen LogP contribution in [-0.2, 0) is 0 Å². The molecule has 1 amide bonds. The number of nitrogen functional groups attached to an aromatic ring is 1. The Hall–Kier alpha value is -1.75. The van der Waals surface area contributed by atoms with E-state index in [4.69, 9.17) is 5.73 Å². The third kappa shape index (κ3) is 3.87. The molecule has 1 aromatic carbocycles. The fourth-order valence-corrected chi connectivity index (χ4v) is 2.47. The molecule has 1 heterocycles. The number of benzene rings is 1. The van der Waals surface area contributed by atoms with Gasteiger partial charge in [-0.15, -0.1) is 0 Å². The van der Waals surface area contributed by atoms with E-state index in [9.17, 15) is 4.79 Å². The minimum atomic E-state index is -0.0601. The quantitative estimate of drug-likeness (QED) is 0.689. The van der Waals surface area contributed by atoms with Gasteiger partial charge < -0.3 is 21.3 Å². The Balaban J connectivity index is 1.92. The summed E-state index contributed by atoms with van der Waals surface area (Å²) in [7, 11) is 0. The van der Waals surface area contributed by atoms with Crippen LogP contribution < -0.4 is 16.4 Å². The lowest BCUT2D eigenvalue weighted by molar-refractivity contribution is 0.0956. The molecular weight excluding hydrogens is 252 g/mol. The van der Waals surface area contributed by atoms with Crippen molar-refractivity contribution in [1.82, 2.24) is 10.2 Å². The SMILES string of the molecule is CCNC(=O)c1ccc(N)c(NCCN2CCCC2)c1. The average Bonchev–Trinajstić information content (AvgIpc) is 2.94. The van der Waals surface area contributed by atoms with Crippen LogP contribution in [-0.4, -0.2) is 43.5 Å². The first-order valence-electron chi connectivity index (χ1n) is 7.34. The molecule has 0 radical (unpaired) electrons. The second-order valence-corrected chi connectivity index (χ2v) is 5.14. The molecule has 0 saturated carbocycles. The predicted molar refractivity (Wildman–Crippen MR) is 83.0 cm³/mol. The smallest absolute Gasteiger partial charge is 0.251 e. The number of carbonyl (C=O) groups is 1. The van der Waals surface area contributed by atoms with Crippen molar-refractivity contribution < 1.29 is 4.79 Å². The Bertz CT molecular complexity index is 455. The minimum absolute atomic E-state index is 0.0601. The van der Waals surface area contributed by atoms with E-state index >= 15 is 0 Å². The van der Waals surface area contributed by atoms with Crippen molar-refractivity contribution in [1.29, 1.82) is 0 Å². The summed E-state index contributed by atoms with van der Waals surface area (Å²) in [5, 5.41) is 6.12. The van der Waals surface area contributed by atoms with E-state index in [1.165, 1.54) is 25.9 Å². The molecule has 110 valence electrons. The molecule has 1 fully saturated rings. The molecule has 1 saturated heterocycles. The van der Waals surface area contributed by atoms with E-state index in [0.29, 0.717) is 17.8 Å². The molecule has 1 aliphatic rings. The standard InChI is InChI=1S/C15H24N4O/c1-2-17-15(20)12-5-6-13(16)14(11-12)18-7-10-19-8-3-4-9-19/h5-6,11,18H,2-4,7-10,16H2,1H3,(H,17,20). The number of hydrogen-bond donors (Lipinski definition) is 3. The zero-order valence-electron chi connectivity index (χ0n) is 12.1. The highest BCUT2D eigenvalue weighted by atomic mass is 16.1. The van der Waals surface area contributed by atoms with E-state index in [2.05, 4.69) is 15.5 Å². The fraction of sp³-hybridized carbons (Fsp3) is 0.533. The third-order valence-corrected chi connectivity index (χ3v) is 3.59. The molecule has 5 nitrogen and oxygen atoms in total. The number of nitrogens with two attached hydrogens (primary N) is 1. The normalized spacial score (nSPS) is 15.2. The summed E-state index contributed by atoms with van der Waals surface area (Å²) in [6, 6.07) is 5.36. The number of likely N-dealkylation sites (tertiary alicyclic amines) is 1. The first-order valence-corrected chi connectivity index (χ1v) is 7.34. The molecule has 4 N–H and O–H groups in total. The van der Waals surface area contributed by atoms with Crippen LogP contribution in [0.1, 0.15) is 30.1 Å².